The average Bonchev–Trinajstić information content (AvgIpc) is 2.09. The molecule has 0 saturated carbocycles. The molecule has 0 aliphatic heterocycles. The van der Waals surface area contributed by atoms with Gasteiger partial charge in [0.2, 0.25) is 0 Å². The molecule has 0 heterocycles. The van der Waals surface area contributed by atoms with Crippen molar-refractivity contribution in [1.29, 1.82) is 0 Å². The first-order chi connectivity index (χ1) is 5.97. The Morgan fingerprint density at radius 3 is 2.62 bits per heavy atom. The van der Waals surface area contributed by atoms with E-state index in [2.05, 4.69) is 0 Å². The lowest BCUT2D eigenvalue weighted by Crippen LogP contribution is -2.19. The van der Waals surface area contributed by atoms with Gasteiger partial charge < -0.3 is 10.2 Å². The van der Waals surface area contributed by atoms with E-state index in [-0.39, 0.29) is 16.3 Å². The van der Waals surface area contributed by atoms with Crippen molar-refractivity contribution in [3.8, 4) is 5.75 Å². The first-order valence-corrected chi connectivity index (χ1v) is 4.14. The highest BCUT2D eigenvalue weighted by molar-refractivity contribution is 6.32. The second-order valence-corrected chi connectivity index (χ2v) is 3.43. The summed E-state index contributed by atoms with van der Waals surface area (Å²) in [5.74, 6) is -0.0980. The predicted molar refractivity (Wildman–Crippen MR) is 48.7 cm³/mol. The van der Waals surface area contributed by atoms with Crippen molar-refractivity contribution in [2.24, 2.45) is 0 Å². The number of aliphatic hydroxyl groups excluding tert-OH is 1. The summed E-state index contributed by atoms with van der Waals surface area (Å²) in [4.78, 5) is 0. The Morgan fingerprint density at radius 1 is 1.54 bits per heavy atom. The number of alkyl halides is 1. The molecule has 0 aliphatic carbocycles. The van der Waals surface area contributed by atoms with Crippen molar-refractivity contribution < 1.29 is 14.6 Å². The van der Waals surface area contributed by atoms with E-state index < -0.39 is 12.3 Å². The molecule has 0 amide bonds. The van der Waals surface area contributed by atoms with Crippen LogP contribution in [0.5, 0.6) is 5.75 Å². The summed E-state index contributed by atoms with van der Waals surface area (Å²) >= 11 is 5.58. The average molecular weight is 205 g/mol. The minimum Gasteiger partial charge on any atom is -0.506 e. The Bertz CT molecular complexity index is 312. The minimum absolute atomic E-state index is 0.0785. The monoisotopic (exact) mass is 204 g/mol. The summed E-state index contributed by atoms with van der Waals surface area (Å²) < 4.78 is 13.5. The Kier molecular flexibility index (Phi) is 2.78. The Labute approximate surface area is 80.6 Å². The van der Waals surface area contributed by atoms with E-state index in [1.807, 2.05) is 0 Å². The highest BCUT2D eigenvalue weighted by Gasteiger charge is 2.25. The van der Waals surface area contributed by atoms with Gasteiger partial charge in [0, 0.05) is 0 Å². The quantitative estimate of drug-likeness (QED) is 0.776. The highest BCUT2D eigenvalue weighted by Crippen LogP contribution is 2.31. The molecule has 2 N–H and O–H groups in total. The molecule has 0 fully saturated rings. The standard InChI is InChI=1S/C9H10ClFO2/c1-9(11,5-12)6-2-3-8(13)7(10)4-6/h2-4,12-13H,5H2,1H3. The van der Waals surface area contributed by atoms with Crippen molar-refractivity contribution in [2.75, 3.05) is 6.61 Å². The molecule has 0 bridgehead atoms. The van der Waals surface area contributed by atoms with Gasteiger partial charge in [0.05, 0.1) is 11.6 Å². The summed E-state index contributed by atoms with van der Waals surface area (Å²) in [5, 5.41) is 17.9. The molecule has 0 aromatic heterocycles. The summed E-state index contributed by atoms with van der Waals surface area (Å²) in [6, 6.07) is 3.98. The first kappa shape index (κ1) is 10.3. The molecule has 0 radical (unpaired) electrons. The number of aromatic hydroxyl groups is 1. The molecule has 1 aromatic carbocycles. The highest BCUT2D eigenvalue weighted by atomic mass is 35.5. The Hall–Kier alpha value is -0.800. The summed E-state index contributed by atoms with van der Waals surface area (Å²) in [6.07, 6.45) is 0. The molecule has 1 atom stereocenters. The number of benzene rings is 1. The Morgan fingerprint density at radius 2 is 2.15 bits per heavy atom. The largest absolute Gasteiger partial charge is 0.506 e. The number of halogens is 2. The van der Waals surface area contributed by atoms with Gasteiger partial charge in [-0.05, 0) is 24.6 Å². The SMILES string of the molecule is CC(F)(CO)c1ccc(O)c(Cl)c1. The smallest absolute Gasteiger partial charge is 0.156 e. The normalized spacial score (nSPS) is 15.4. The zero-order chi connectivity index (χ0) is 10.1. The minimum atomic E-state index is -1.82. The Balaban J connectivity index is 3.10. The summed E-state index contributed by atoms with van der Waals surface area (Å²) in [6.45, 7) is 0.629. The van der Waals surface area contributed by atoms with Gasteiger partial charge in [-0.2, -0.15) is 0 Å². The van der Waals surface area contributed by atoms with E-state index in [0.29, 0.717) is 0 Å². The molecule has 4 heteroatoms. The number of phenolic OH excluding ortho intramolecular Hbond substituents is 1. The van der Waals surface area contributed by atoms with Crippen molar-refractivity contribution in [2.45, 2.75) is 12.6 Å². The third-order valence-corrected chi connectivity index (χ3v) is 2.15. The molecule has 0 aliphatic rings. The van der Waals surface area contributed by atoms with Crippen molar-refractivity contribution >= 4 is 11.6 Å². The number of phenols is 1. The third kappa shape index (κ3) is 2.11. The van der Waals surface area contributed by atoms with E-state index in [1.165, 1.54) is 25.1 Å². The van der Waals surface area contributed by atoms with Crippen molar-refractivity contribution in [1.82, 2.24) is 0 Å². The van der Waals surface area contributed by atoms with E-state index in [0.717, 1.165) is 0 Å². The maximum absolute atomic E-state index is 13.5. The molecule has 2 nitrogen and oxygen atoms in total. The number of rotatable bonds is 2. The molecule has 1 unspecified atom stereocenters. The van der Waals surface area contributed by atoms with E-state index in [1.54, 1.807) is 0 Å². The maximum Gasteiger partial charge on any atom is 0.156 e. The van der Waals surface area contributed by atoms with Crippen LogP contribution in [-0.2, 0) is 5.67 Å². The zero-order valence-corrected chi connectivity index (χ0v) is 7.85. The summed E-state index contributed by atoms with van der Waals surface area (Å²) in [7, 11) is 0. The fraction of sp³-hybridized carbons (Fsp3) is 0.333. The topological polar surface area (TPSA) is 40.5 Å². The molecule has 13 heavy (non-hydrogen) atoms. The second-order valence-electron chi connectivity index (χ2n) is 3.02. The van der Waals surface area contributed by atoms with Gasteiger partial charge in [0.25, 0.3) is 0 Å². The maximum atomic E-state index is 13.5. The number of hydrogen-bond donors (Lipinski definition) is 2. The first-order valence-electron chi connectivity index (χ1n) is 3.76. The van der Waals surface area contributed by atoms with Crippen LogP contribution in [0.25, 0.3) is 0 Å². The van der Waals surface area contributed by atoms with Crippen LogP contribution in [0, 0.1) is 0 Å². The molecule has 0 spiro atoms. The van der Waals surface area contributed by atoms with Gasteiger partial charge in [-0.3, -0.25) is 0 Å². The van der Waals surface area contributed by atoms with E-state index in [4.69, 9.17) is 21.8 Å². The van der Waals surface area contributed by atoms with Crippen LogP contribution < -0.4 is 0 Å². The lowest BCUT2D eigenvalue weighted by atomic mass is 9.99. The molecule has 1 rings (SSSR count). The van der Waals surface area contributed by atoms with Crippen molar-refractivity contribution in [3.05, 3.63) is 28.8 Å². The van der Waals surface area contributed by atoms with Crippen LogP contribution >= 0.6 is 11.6 Å². The van der Waals surface area contributed by atoms with Gasteiger partial charge in [0.1, 0.15) is 5.75 Å². The van der Waals surface area contributed by atoms with Gasteiger partial charge in [-0.1, -0.05) is 17.7 Å². The molecular weight excluding hydrogens is 195 g/mol. The fourth-order valence-corrected chi connectivity index (χ4v) is 1.10. The van der Waals surface area contributed by atoms with E-state index in [9.17, 15) is 4.39 Å². The summed E-state index contributed by atoms with van der Waals surface area (Å²) in [5.41, 5.74) is -1.57. The van der Waals surface area contributed by atoms with Crippen LogP contribution in [0.3, 0.4) is 0 Å². The predicted octanol–water partition coefficient (Wildman–Crippen LogP) is 2.22. The molecule has 1 aromatic rings. The number of aliphatic hydroxyl groups is 1. The second kappa shape index (κ2) is 3.52. The van der Waals surface area contributed by atoms with Crippen LogP contribution in [0.15, 0.2) is 18.2 Å². The molecule has 72 valence electrons. The van der Waals surface area contributed by atoms with Crippen LogP contribution in [-0.4, -0.2) is 16.8 Å². The lowest BCUT2D eigenvalue weighted by molar-refractivity contribution is 0.0867. The van der Waals surface area contributed by atoms with Crippen molar-refractivity contribution in [3.63, 3.8) is 0 Å². The van der Waals surface area contributed by atoms with E-state index >= 15 is 0 Å². The third-order valence-electron chi connectivity index (χ3n) is 1.85. The van der Waals surface area contributed by atoms with Gasteiger partial charge in [-0.15, -0.1) is 0 Å². The fourth-order valence-electron chi connectivity index (χ4n) is 0.922. The van der Waals surface area contributed by atoms with Crippen LogP contribution in [0.2, 0.25) is 5.02 Å². The van der Waals surface area contributed by atoms with Gasteiger partial charge in [0.15, 0.2) is 5.67 Å². The van der Waals surface area contributed by atoms with Gasteiger partial charge >= 0.3 is 0 Å². The van der Waals surface area contributed by atoms with Crippen LogP contribution in [0.1, 0.15) is 12.5 Å². The lowest BCUT2D eigenvalue weighted by Gasteiger charge is -2.17. The number of hydrogen-bond acceptors (Lipinski definition) is 2. The molecule has 0 saturated heterocycles. The van der Waals surface area contributed by atoms with Crippen LogP contribution in [0.4, 0.5) is 4.39 Å². The zero-order valence-electron chi connectivity index (χ0n) is 7.09. The molecular formula is C9H10ClFO2. The van der Waals surface area contributed by atoms with Gasteiger partial charge in [-0.25, -0.2) is 4.39 Å².